The Hall–Kier alpha value is -2.81. The molecule has 0 aromatic heterocycles. The van der Waals surface area contributed by atoms with Crippen LogP contribution in [-0.4, -0.2) is 6.16 Å². The number of carbonyl (C=O) groups excluding carboxylic acids is 1. The number of rotatable bonds is 4. The highest BCUT2D eigenvalue weighted by Crippen LogP contribution is 2.20. The highest BCUT2D eigenvalue weighted by molar-refractivity contribution is 5.69. The zero-order valence-electron chi connectivity index (χ0n) is 12.8. The Balaban J connectivity index is 1.97. The lowest BCUT2D eigenvalue weighted by atomic mass is 10.1. The number of allylic oxidation sites excluding steroid dienone is 2. The van der Waals surface area contributed by atoms with E-state index in [0.717, 1.165) is 22.3 Å². The largest absolute Gasteiger partial charge is 0.519 e. The Kier molecular flexibility index (Phi) is 4.79. The third-order valence-corrected chi connectivity index (χ3v) is 3.10. The van der Waals surface area contributed by atoms with Crippen LogP contribution in [0.3, 0.4) is 0 Å². The average molecular weight is 294 g/mol. The highest BCUT2D eigenvalue weighted by Gasteiger charge is 2.08. The normalized spacial score (nSPS) is 9.91. The standard InChI is InChI=1S/C19H18O3/c1-13(2)15-5-9-17(10-6-15)21-19(20)22-18-11-7-16(8-12-18)14(3)4/h5-12H,1,3H2,2,4H3. The van der Waals surface area contributed by atoms with Gasteiger partial charge in [-0.25, -0.2) is 4.79 Å². The first-order valence-electron chi connectivity index (χ1n) is 6.87. The van der Waals surface area contributed by atoms with E-state index < -0.39 is 6.16 Å². The second-order valence-corrected chi connectivity index (χ2v) is 5.06. The highest BCUT2D eigenvalue weighted by atomic mass is 16.7. The predicted molar refractivity (Wildman–Crippen MR) is 89.0 cm³/mol. The van der Waals surface area contributed by atoms with Crippen molar-refractivity contribution in [3.8, 4) is 11.5 Å². The summed E-state index contributed by atoms with van der Waals surface area (Å²) in [6.07, 6.45) is -0.772. The molecule has 0 radical (unpaired) electrons. The summed E-state index contributed by atoms with van der Waals surface area (Å²) in [4.78, 5) is 11.7. The number of hydrogen-bond acceptors (Lipinski definition) is 3. The Morgan fingerprint density at radius 1 is 0.727 bits per heavy atom. The molecule has 0 aliphatic heterocycles. The van der Waals surface area contributed by atoms with Crippen molar-refractivity contribution in [1.82, 2.24) is 0 Å². The summed E-state index contributed by atoms with van der Waals surface area (Å²) in [5.74, 6) is 0.849. The minimum atomic E-state index is -0.772. The van der Waals surface area contributed by atoms with Crippen molar-refractivity contribution in [3.05, 3.63) is 72.8 Å². The third-order valence-electron chi connectivity index (χ3n) is 3.10. The van der Waals surface area contributed by atoms with Crippen LogP contribution in [0.15, 0.2) is 61.7 Å². The summed E-state index contributed by atoms with van der Waals surface area (Å²) >= 11 is 0. The molecule has 0 bridgehead atoms. The van der Waals surface area contributed by atoms with E-state index in [2.05, 4.69) is 13.2 Å². The van der Waals surface area contributed by atoms with Gasteiger partial charge in [-0.05, 0) is 49.2 Å². The second kappa shape index (κ2) is 6.76. The number of ether oxygens (including phenoxy) is 2. The first-order chi connectivity index (χ1) is 10.5. The van der Waals surface area contributed by atoms with Crippen molar-refractivity contribution in [2.45, 2.75) is 13.8 Å². The van der Waals surface area contributed by atoms with Gasteiger partial charge in [-0.1, -0.05) is 48.6 Å². The monoisotopic (exact) mass is 294 g/mol. The molecule has 112 valence electrons. The zero-order chi connectivity index (χ0) is 16.1. The van der Waals surface area contributed by atoms with Crippen molar-refractivity contribution >= 4 is 17.3 Å². The number of carbonyl (C=O) groups is 1. The smallest absolute Gasteiger partial charge is 0.395 e. The lowest BCUT2D eigenvalue weighted by molar-refractivity contribution is 0.152. The third kappa shape index (κ3) is 4.09. The molecule has 2 aromatic carbocycles. The Labute approximate surface area is 130 Å². The van der Waals surface area contributed by atoms with E-state index in [0.29, 0.717) is 11.5 Å². The Bertz CT molecular complexity index is 633. The van der Waals surface area contributed by atoms with Gasteiger partial charge < -0.3 is 9.47 Å². The molecule has 2 rings (SSSR count). The van der Waals surface area contributed by atoms with Crippen LogP contribution in [0, 0.1) is 0 Å². The van der Waals surface area contributed by atoms with Gasteiger partial charge in [-0.15, -0.1) is 0 Å². The molecule has 0 N–H and O–H groups in total. The van der Waals surface area contributed by atoms with Crippen molar-refractivity contribution < 1.29 is 14.3 Å². The van der Waals surface area contributed by atoms with Crippen LogP contribution in [0.25, 0.3) is 11.1 Å². The molecule has 0 atom stereocenters. The van der Waals surface area contributed by atoms with Gasteiger partial charge in [0.2, 0.25) is 0 Å². The number of benzene rings is 2. The quantitative estimate of drug-likeness (QED) is 0.564. The zero-order valence-corrected chi connectivity index (χ0v) is 12.8. The molecule has 0 amide bonds. The van der Waals surface area contributed by atoms with Gasteiger partial charge in [-0.3, -0.25) is 0 Å². The van der Waals surface area contributed by atoms with Gasteiger partial charge in [0.05, 0.1) is 0 Å². The molecule has 0 saturated carbocycles. The molecule has 0 unspecified atom stereocenters. The first kappa shape index (κ1) is 15.6. The van der Waals surface area contributed by atoms with E-state index in [1.165, 1.54) is 0 Å². The van der Waals surface area contributed by atoms with Crippen LogP contribution in [0.2, 0.25) is 0 Å². The maximum Gasteiger partial charge on any atom is 0.519 e. The van der Waals surface area contributed by atoms with E-state index in [4.69, 9.17) is 9.47 Å². The van der Waals surface area contributed by atoms with E-state index in [1.807, 2.05) is 38.1 Å². The summed E-state index contributed by atoms with van der Waals surface area (Å²) in [6.45, 7) is 11.5. The SMILES string of the molecule is C=C(C)c1ccc(OC(=O)Oc2ccc(C(=C)C)cc2)cc1. The minimum Gasteiger partial charge on any atom is -0.395 e. The van der Waals surface area contributed by atoms with Crippen LogP contribution in [-0.2, 0) is 0 Å². The fourth-order valence-corrected chi connectivity index (χ4v) is 1.83. The topological polar surface area (TPSA) is 35.5 Å². The maximum atomic E-state index is 11.7. The molecular formula is C19H18O3. The van der Waals surface area contributed by atoms with Crippen LogP contribution in [0.5, 0.6) is 11.5 Å². The van der Waals surface area contributed by atoms with Crippen molar-refractivity contribution in [3.63, 3.8) is 0 Å². The molecular weight excluding hydrogens is 276 g/mol. The van der Waals surface area contributed by atoms with Gasteiger partial charge in [0.25, 0.3) is 0 Å². The van der Waals surface area contributed by atoms with Crippen molar-refractivity contribution in [1.29, 1.82) is 0 Å². The fraction of sp³-hybridized carbons (Fsp3) is 0.105. The van der Waals surface area contributed by atoms with E-state index in [9.17, 15) is 4.79 Å². The molecule has 0 aliphatic rings. The summed E-state index contributed by atoms with van der Waals surface area (Å²) in [5, 5.41) is 0. The van der Waals surface area contributed by atoms with Crippen LogP contribution in [0.4, 0.5) is 4.79 Å². The molecule has 2 aromatic rings. The fourth-order valence-electron chi connectivity index (χ4n) is 1.83. The van der Waals surface area contributed by atoms with Crippen LogP contribution < -0.4 is 9.47 Å². The summed E-state index contributed by atoms with van der Waals surface area (Å²) in [5.41, 5.74) is 3.89. The average Bonchev–Trinajstić information content (AvgIpc) is 2.48. The Morgan fingerprint density at radius 3 is 1.32 bits per heavy atom. The van der Waals surface area contributed by atoms with Crippen molar-refractivity contribution in [2.75, 3.05) is 0 Å². The van der Waals surface area contributed by atoms with Gasteiger partial charge in [0, 0.05) is 0 Å². The lowest BCUT2D eigenvalue weighted by Crippen LogP contribution is -2.13. The molecule has 0 aliphatic carbocycles. The maximum absolute atomic E-state index is 11.7. The van der Waals surface area contributed by atoms with Gasteiger partial charge >= 0.3 is 6.16 Å². The molecule has 22 heavy (non-hydrogen) atoms. The van der Waals surface area contributed by atoms with Gasteiger partial charge in [0.15, 0.2) is 0 Å². The number of hydrogen-bond donors (Lipinski definition) is 0. The molecule has 0 fully saturated rings. The first-order valence-corrected chi connectivity index (χ1v) is 6.87. The lowest BCUT2D eigenvalue weighted by Gasteiger charge is -2.07. The van der Waals surface area contributed by atoms with Gasteiger partial charge in [-0.2, -0.15) is 0 Å². The summed E-state index contributed by atoms with van der Waals surface area (Å²) in [7, 11) is 0. The summed E-state index contributed by atoms with van der Waals surface area (Å²) in [6, 6.07) is 14.2. The second-order valence-electron chi connectivity index (χ2n) is 5.06. The minimum absolute atomic E-state index is 0.425. The molecule has 0 saturated heterocycles. The van der Waals surface area contributed by atoms with E-state index >= 15 is 0 Å². The summed E-state index contributed by atoms with van der Waals surface area (Å²) < 4.78 is 10.2. The molecule has 0 heterocycles. The van der Waals surface area contributed by atoms with E-state index in [-0.39, 0.29) is 0 Å². The predicted octanol–water partition coefficient (Wildman–Crippen LogP) is 5.33. The molecule has 0 spiro atoms. The van der Waals surface area contributed by atoms with Gasteiger partial charge in [0.1, 0.15) is 11.5 Å². The van der Waals surface area contributed by atoms with E-state index in [1.54, 1.807) is 24.3 Å². The molecule has 3 nitrogen and oxygen atoms in total. The van der Waals surface area contributed by atoms with Crippen LogP contribution >= 0.6 is 0 Å². The van der Waals surface area contributed by atoms with Crippen molar-refractivity contribution in [2.24, 2.45) is 0 Å². The van der Waals surface area contributed by atoms with Crippen LogP contribution in [0.1, 0.15) is 25.0 Å². The molecule has 3 heteroatoms. The Morgan fingerprint density at radius 2 is 1.05 bits per heavy atom.